The molecular formula is C18H25IN4O2S. The molecule has 0 aliphatic heterocycles. The van der Waals surface area contributed by atoms with Crippen LogP contribution in [0, 0.1) is 6.92 Å². The Balaban J connectivity index is 0.00000338. The first-order valence-corrected chi connectivity index (χ1v) is 9.54. The molecule has 2 aromatic rings. The fourth-order valence-corrected chi connectivity index (χ4v) is 3.20. The van der Waals surface area contributed by atoms with Crippen molar-refractivity contribution in [2.75, 3.05) is 20.1 Å². The quantitative estimate of drug-likeness (QED) is 0.242. The molecule has 0 heterocycles. The third-order valence-electron chi connectivity index (χ3n) is 3.57. The highest BCUT2D eigenvalue weighted by Gasteiger charge is 2.12. The zero-order valence-corrected chi connectivity index (χ0v) is 18.0. The second-order valence-corrected chi connectivity index (χ2v) is 7.32. The van der Waals surface area contributed by atoms with Crippen molar-refractivity contribution < 1.29 is 8.42 Å². The van der Waals surface area contributed by atoms with Gasteiger partial charge in [-0.25, -0.2) is 13.1 Å². The molecule has 0 radical (unpaired) electrons. The van der Waals surface area contributed by atoms with Gasteiger partial charge < -0.3 is 10.6 Å². The summed E-state index contributed by atoms with van der Waals surface area (Å²) in [5.41, 5.74) is 2.17. The molecule has 0 atom stereocenters. The molecule has 0 amide bonds. The first-order valence-electron chi connectivity index (χ1n) is 8.06. The molecule has 0 aliphatic carbocycles. The van der Waals surface area contributed by atoms with E-state index in [0.717, 1.165) is 11.1 Å². The van der Waals surface area contributed by atoms with Crippen molar-refractivity contribution in [3.05, 3.63) is 65.7 Å². The van der Waals surface area contributed by atoms with Crippen molar-refractivity contribution >= 4 is 40.0 Å². The van der Waals surface area contributed by atoms with Crippen LogP contribution in [0.4, 0.5) is 0 Å². The molecule has 3 N–H and O–H groups in total. The lowest BCUT2D eigenvalue weighted by Crippen LogP contribution is -2.41. The Hall–Kier alpha value is -1.65. The van der Waals surface area contributed by atoms with Gasteiger partial charge in [-0.1, -0.05) is 48.0 Å². The van der Waals surface area contributed by atoms with Gasteiger partial charge in [0.15, 0.2) is 5.96 Å². The predicted molar refractivity (Wildman–Crippen MR) is 116 cm³/mol. The van der Waals surface area contributed by atoms with E-state index in [0.29, 0.717) is 19.0 Å². The smallest absolute Gasteiger partial charge is 0.240 e. The van der Waals surface area contributed by atoms with Crippen LogP contribution in [0.1, 0.15) is 11.1 Å². The summed E-state index contributed by atoms with van der Waals surface area (Å²) in [5, 5.41) is 6.27. The molecule has 2 aromatic carbocycles. The van der Waals surface area contributed by atoms with E-state index in [4.69, 9.17) is 0 Å². The van der Waals surface area contributed by atoms with Gasteiger partial charge in [0.1, 0.15) is 0 Å². The molecule has 8 heteroatoms. The summed E-state index contributed by atoms with van der Waals surface area (Å²) in [5.74, 6) is 0.624. The second kappa shape index (κ2) is 11.1. The van der Waals surface area contributed by atoms with Crippen LogP contribution in [-0.2, 0) is 16.6 Å². The van der Waals surface area contributed by atoms with Gasteiger partial charge in [0, 0.05) is 26.7 Å². The van der Waals surface area contributed by atoms with Crippen LogP contribution in [0.2, 0.25) is 0 Å². The number of halogens is 1. The maximum Gasteiger partial charge on any atom is 0.240 e. The third kappa shape index (κ3) is 7.30. The highest BCUT2D eigenvalue weighted by Crippen LogP contribution is 2.09. The average molecular weight is 488 g/mol. The lowest BCUT2D eigenvalue weighted by atomic mass is 10.2. The summed E-state index contributed by atoms with van der Waals surface area (Å²) in [4.78, 5) is 4.39. The molecular weight excluding hydrogens is 463 g/mol. The van der Waals surface area contributed by atoms with Crippen LogP contribution in [0.15, 0.2) is 64.5 Å². The van der Waals surface area contributed by atoms with Gasteiger partial charge in [0.2, 0.25) is 10.0 Å². The minimum absolute atomic E-state index is 0. The van der Waals surface area contributed by atoms with Crippen molar-refractivity contribution in [2.45, 2.75) is 18.4 Å². The number of rotatable bonds is 7. The van der Waals surface area contributed by atoms with Gasteiger partial charge in [-0.15, -0.1) is 24.0 Å². The molecule has 0 fully saturated rings. The zero-order chi connectivity index (χ0) is 18.1. The van der Waals surface area contributed by atoms with Gasteiger partial charge in [0.25, 0.3) is 0 Å². The summed E-state index contributed by atoms with van der Waals surface area (Å²) >= 11 is 0. The van der Waals surface area contributed by atoms with Crippen molar-refractivity contribution in [3.8, 4) is 0 Å². The average Bonchev–Trinajstić information content (AvgIpc) is 2.62. The number of nitrogens with one attached hydrogen (secondary N) is 3. The van der Waals surface area contributed by atoms with Crippen LogP contribution in [0.25, 0.3) is 0 Å². The Bertz CT molecular complexity index is 794. The van der Waals surface area contributed by atoms with E-state index in [1.54, 1.807) is 31.3 Å². The van der Waals surface area contributed by atoms with Gasteiger partial charge >= 0.3 is 0 Å². The molecule has 0 bridgehead atoms. The van der Waals surface area contributed by atoms with Gasteiger partial charge in [-0.05, 0) is 24.6 Å². The molecule has 0 unspecified atom stereocenters. The Morgan fingerprint density at radius 3 is 2.23 bits per heavy atom. The van der Waals surface area contributed by atoms with Crippen molar-refractivity contribution in [1.82, 2.24) is 15.4 Å². The maximum absolute atomic E-state index is 12.2. The number of benzene rings is 2. The minimum Gasteiger partial charge on any atom is -0.355 e. The molecule has 142 valence electrons. The van der Waals surface area contributed by atoms with Gasteiger partial charge in [0.05, 0.1) is 4.90 Å². The topological polar surface area (TPSA) is 82.6 Å². The Morgan fingerprint density at radius 1 is 0.962 bits per heavy atom. The number of guanidine groups is 1. The monoisotopic (exact) mass is 488 g/mol. The molecule has 0 saturated carbocycles. The highest BCUT2D eigenvalue weighted by molar-refractivity contribution is 14.0. The maximum atomic E-state index is 12.2. The van der Waals surface area contributed by atoms with E-state index < -0.39 is 10.0 Å². The number of nitrogens with zero attached hydrogens (tertiary/aromatic N) is 1. The van der Waals surface area contributed by atoms with Crippen LogP contribution in [0.5, 0.6) is 0 Å². The Labute approximate surface area is 172 Å². The lowest BCUT2D eigenvalue weighted by molar-refractivity contribution is 0.580. The summed E-state index contributed by atoms with van der Waals surface area (Å²) in [6, 6.07) is 16.7. The third-order valence-corrected chi connectivity index (χ3v) is 5.04. The van der Waals surface area contributed by atoms with E-state index in [2.05, 4.69) is 20.3 Å². The van der Waals surface area contributed by atoms with Crippen LogP contribution < -0.4 is 15.4 Å². The molecule has 2 rings (SSSR count). The molecule has 0 saturated heterocycles. The van der Waals surface area contributed by atoms with Crippen molar-refractivity contribution in [3.63, 3.8) is 0 Å². The standard InChI is InChI=1S/C18H24N4O2S.HI/c1-15-8-10-17(11-9-15)25(23,24)22-13-12-20-18(19-2)21-14-16-6-4-3-5-7-16;/h3-11,22H,12-14H2,1-2H3,(H2,19,20,21);1H. The van der Waals surface area contributed by atoms with E-state index in [1.165, 1.54) is 0 Å². The molecule has 0 aromatic heterocycles. The van der Waals surface area contributed by atoms with Crippen LogP contribution >= 0.6 is 24.0 Å². The van der Waals surface area contributed by atoms with Crippen molar-refractivity contribution in [2.24, 2.45) is 4.99 Å². The first-order chi connectivity index (χ1) is 12.0. The van der Waals surface area contributed by atoms with E-state index in [1.807, 2.05) is 37.3 Å². The summed E-state index contributed by atoms with van der Waals surface area (Å²) in [7, 11) is -1.81. The number of hydrogen-bond donors (Lipinski definition) is 3. The number of hydrogen-bond acceptors (Lipinski definition) is 3. The molecule has 26 heavy (non-hydrogen) atoms. The van der Waals surface area contributed by atoms with E-state index in [-0.39, 0.29) is 35.4 Å². The van der Waals surface area contributed by atoms with Gasteiger partial charge in [-0.3, -0.25) is 4.99 Å². The molecule has 0 spiro atoms. The van der Waals surface area contributed by atoms with Crippen LogP contribution in [0.3, 0.4) is 0 Å². The Morgan fingerprint density at radius 2 is 1.62 bits per heavy atom. The summed E-state index contributed by atoms with van der Waals surface area (Å²) in [6.45, 7) is 3.26. The van der Waals surface area contributed by atoms with Crippen LogP contribution in [-0.4, -0.2) is 34.5 Å². The summed E-state index contributed by atoms with van der Waals surface area (Å²) < 4.78 is 26.9. The second-order valence-electron chi connectivity index (χ2n) is 5.55. The fraction of sp³-hybridized carbons (Fsp3) is 0.278. The largest absolute Gasteiger partial charge is 0.355 e. The van der Waals surface area contributed by atoms with E-state index >= 15 is 0 Å². The minimum atomic E-state index is -3.49. The summed E-state index contributed by atoms with van der Waals surface area (Å²) in [6.07, 6.45) is 0. The molecule has 6 nitrogen and oxygen atoms in total. The van der Waals surface area contributed by atoms with Gasteiger partial charge in [-0.2, -0.15) is 0 Å². The fourth-order valence-electron chi connectivity index (χ4n) is 2.17. The number of sulfonamides is 1. The zero-order valence-electron chi connectivity index (χ0n) is 14.9. The Kier molecular flexibility index (Phi) is 9.60. The normalized spacial score (nSPS) is 11.5. The first kappa shape index (κ1) is 22.4. The lowest BCUT2D eigenvalue weighted by Gasteiger charge is -2.12. The van der Waals surface area contributed by atoms with E-state index in [9.17, 15) is 8.42 Å². The number of aliphatic imine (C=N–C) groups is 1. The van der Waals surface area contributed by atoms with Crippen molar-refractivity contribution in [1.29, 1.82) is 0 Å². The highest BCUT2D eigenvalue weighted by atomic mass is 127. The number of aryl methyl sites for hydroxylation is 1. The molecule has 0 aliphatic rings. The SMILES string of the molecule is CN=C(NCCNS(=O)(=O)c1ccc(C)cc1)NCc1ccccc1.I. The predicted octanol–water partition coefficient (Wildman–Crippen LogP) is 2.26.